The van der Waals surface area contributed by atoms with E-state index in [1.807, 2.05) is 58.3 Å². The van der Waals surface area contributed by atoms with Crippen LogP contribution in [0.2, 0.25) is 0 Å². The fourth-order valence-corrected chi connectivity index (χ4v) is 3.07. The van der Waals surface area contributed by atoms with Crippen LogP contribution in [0.4, 0.5) is 10.6 Å². The number of likely N-dealkylation sites (tertiary alicyclic amines) is 1. The SMILES string of the molecule is CN(c1cnc2ccccc2n1)C1CCN(C(=O)OC(C)(C)C)CC1. The number of piperidine rings is 1. The van der Waals surface area contributed by atoms with Gasteiger partial charge >= 0.3 is 6.09 Å². The molecule has 1 fully saturated rings. The predicted molar refractivity (Wildman–Crippen MR) is 98.8 cm³/mol. The van der Waals surface area contributed by atoms with E-state index in [1.165, 1.54) is 0 Å². The molecule has 134 valence electrons. The first-order valence-electron chi connectivity index (χ1n) is 8.76. The molecule has 1 aliphatic heterocycles. The van der Waals surface area contributed by atoms with Gasteiger partial charge in [0, 0.05) is 26.2 Å². The van der Waals surface area contributed by atoms with Crippen LogP contribution in [0.25, 0.3) is 11.0 Å². The lowest BCUT2D eigenvalue weighted by atomic mass is 10.0. The molecule has 1 aromatic carbocycles. The Kier molecular flexibility index (Phi) is 4.79. The number of fused-ring (bicyclic) bond motifs is 1. The molecule has 1 saturated heterocycles. The van der Waals surface area contributed by atoms with Crippen LogP contribution in [0.5, 0.6) is 0 Å². The maximum atomic E-state index is 12.2. The number of anilines is 1. The van der Waals surface area contributed by atoms with E-state index >= 15 is 0 Å². The fraction of sp³-hybridized carbons (Fsp3) is 0.526. The van der Waals surface area contributed by atoms with E-state index in [-0.39, 0.29) is 6.09 Å². The van der Waals surface area contributed by atoms with Crippen LogP contribution >= 0.6 is 0 Å². The summed E-state index contributed by atoms with van der Waals surface area (Å²) in [5, 5.41) is 0. The molecule has 0 atom stereocenters. The van der Waals surface area contributed by atoms with Crippen molar-refractivity contribution in [1.29, 1.82) is 0 Å². The first kappa shape index (κ1) is 17.5. The topological polar surface area (TPSA) is 58.6 Å². The van der Waals surface area contributed by atoms with Gasteiger partial charge in [-0.1, -0.05) is 12.1 Å². The molecule has 1 amide bonds. The molecule has 0 unspecified atom stereocenters. The van der Waals surface area contributed by atoms with Crippen LogP contribution in [-0.2, 0) is 4.74 Å². The van der Waals surface area contributed by atoms with Crippen molar-refractivity contribution in [2.75, 3.05) is 25.0 Å². The molecule has 0 radical (unpaired) electrons. The molecule has 0 aliphatic carbocycles. The lowest BCUT2D eigenvalue weighted by Gasteiger charge is -2.37. The largest absolute Gasteiger partial charge is 0.444 e. The Labute approximate surface area is 148 Å². The van der Waals surface area contributed by atoms with Gasteiger partial charge in [0.15, 0.2) is 0 Å². The number of hydrogen-bond acceptors (Lipinski definition) is 5. The summed E-state index contributed by atoms with van der Waals surface area (Å²) in [4.78, 5) is 25.3. The Bertz CT molecular complexity index is 748. The molecule has 0 saturated carbocycles. The van der Waals surface area contributed by atoms with Crippen molar-refractivity contribution in [1.82, 2.24) is 14.9 Å². The van der Waals surface area contributed by atoms with E-state index in [9.17, 15) is 4.79 Å². The van der Waals surface area contributed by atoms with Crippen molar-refractivity contribution < 1.29 is 9.53 Å². The maximum absolute atomic E-state index is 12.2. The van der Waals surface area contributed by atoms with Crippen molar-refractivity contribution in [2.45, 2.75) is 45.3 Å². The minimum atomic E-state index is -0.453. The van der Waals surface area contributed by atoms with Crippen LogP contribution in [0.15, 0.2) is 30.5 Å². The predicted octanol–water partition coefficient (Wildman–Crippen LogP) is 3.47. The maximum Gasteiger partial charge on any atom is 0.410 e. The Hall–Kier alpha value is -2.37. The van der Waals surface area contributed by atoms with Gasteiger partial charge in [0.25, 0.3) is 0 Å². The van der Waals surface area contributed by atoms with Crippen molar-refractivity contribution >= 4 is 22.9 Å². The molecule has 2 heterocycles. The van der Waals surface area contributed by atoms with Gasteiger partial charge in [0.05, 0.1) is 17.2 Å². The zero-order valence-electron chi connectivity index (χ0n) is 15.4. The molecule has 2 aromatic rings. The zero-order valence-corrected chi connectivity index (χ0v) is 15.4. The third-order valence-corrected chi connectivity index (χ3v) is 4.46. The number of benzene rings is 1. The van der Waals surface area contributed by atoms with E-state index in [0.717, 1.165) is 29.7 Å². The number of para-hydroxylation sites is 2. The summed E-state index contributed by atoms with van der Waals surface area (Å²) in [7, 11) is 2.05. The summed E-state index contributed by atoms with van der Waals surface area (Å²) in [5.74, 6) is 0.870. The third-order valence-electron chi connectivity index (χ3n) is 4.46. The Morgan fingerprint density at radius 1 is 1.20 bits per heavy atom. The molecule has 6 heteroatoms. The van der Waals surface area contributed by atoms with Gasteiger partial charge in [-0.05, 0) is 45.7 Å². The van der Waals surface area contributed by atoms with E-state index < -0.39 is 5.60 Å². The number of hydrogen-bond donors (Lipinski definition) is 0. The van der Waals surface area contributed by atoms with E-state index in [4.69, 9.17) is 9.72 Å². The monoisotopic (exact) mass is 342 g/mol. The van der Waals surface area contributed by atoms with Crippen molar-refractivity contribution in [2.24, 2.45) is 0 Å². The van der Waals surface area contributed by atoms with Crippen LogP contribution < -0.4 is 4.90 Å². The Morgan fingerprint density at radius 2 is 1.84 bits per heavy atom. The highest BCUT2D eigenvalue weighted by Gasteiger charge is 2.29. The number of nitrogens with zero attached hydrogens (tertiary/aromatic N) is 4. The fourth-order valence-electron chi connectivity index (χ4n) is 3.07. The number of carbonyl (C=O) groups is 1. The summed E-state index contributed by atoms with van der Waals surface area (Å²) in [6.45, 7) is 7.08. The van der Waals surface area contributed by atoms with E-state index in [1.54, 1.807) is 4.90 Å². The van der Waals surface area contributed by atoms with Gasteiger partial charge in [-0.25, -0.2) is 9.78 Å². The van der Waals surface area contributed by atoms with Crippen LogP contribution in [0.1, 0.15) is 33.6 Å². The highest BCUT2D eigenvalue weighted by atomic mass is 16.6. The molecular formula is C19H26N4O2. The highest BCUT2D eigenvalue weighted by molar-refractivity contribution is 5.75. The normalized spacial score (nSPS) is 16.1. The molecule has 3 rings (SSSR count). The zero-order chi connectivity index (χ0) is 18.0. The lowest BCUT2D eigenvalue weighted by molar-refractivity contribution is 0.0205. The first-order valence-corrected chi connectivity index (χ1v) is 8.76. The standard InChI is InChI=1S/C19H26N4O2/c1-19(2,3)25-18(24)23-11-9-14(10-12-23)22(4)17-13-20-15-7-5-6-8-16(15)21-17/h5-8,13-14H,9-12H2,1-4H3. The number of carbonyl (C=O) groups excluding carboxylic acids is 1. The van der Waals surface area contributed by atoms with E-state index in [0.29, 0.717) is 19.1 Å². The Balaban J connectivity index is 1.62. The summed E-state index contributed by atoms with van der Waals surface area (Å²) in [6, 6.07) is 8.22. The van der Waals surface area contributed by atoms with Crippen molar-refractivity contribution in [3.8, 4) is 0 Å². The summed E-state index contributed by atoms with van der Waals surface area (Å²) in [6.07, 6.45) is 3.39. The molecule has 0 bridgehead atoms. The smallest absolute Gasteiger partial charge is 0.410 e. The van der Waals surface area contributed by atoms with Crippen molar-refractivity contribution in [3.05, 3.63) is 30.5 Å². The van der Waals surface area contributed by atoms with Gasteiger partial charge in [-0.15, -0.1) is 0 Å². The van der Waals surface area contributed by atoms with Crippen LogP contribution in [0, 0.1) is 0 Å². The second-order valence-electron chi connectivity index (χ2n) is 7.53. The number of rotatable bonds is 2. The molecular weight excluding hydrogens is 316 g/mol. The van der Waals surface area contributed by atoms with Gasteiger partial charge in [-0.2, -0.15) is 0 Å². The van der Waals surface area contributed by atoms with Gasteiger partial charge in [-0.3, -0.25) is 4.98 Å². The van der Waals surface area contributed by atoms with Crippen molar-refractivity contribution in [3.63, 3.8) is 0 Å². The van der Waals surface area contributed by atoms with Crippen LogP contribution in [0.3, 0.4) is 0 Å². The average Bonchev–Trinajstić information content (AvgIpc) is 2.59. The number of amides is 1. The lowest BCUT2D eigenvalue weighted by Crippen LogP contribution is -2.47. The minimum absolute atomic E-state index is 0.223. The minimum Gasteiger partial charge on any atom is -0.444 e. The first-order chi connectivity index (χ1) is 11.8. The van der Waals surface area contributed by atoms with Gasteiger partial charge in [0.2, 0.25) is 0 Å². The summed E-state index contributed by atoms with van der Waals surface area (Å²) < 4.78 is 5.46. The van der Waals surface area contributed by atoms with Gasteiger partial charge in [0.1, 0.15) is 11.4 Å². The third kappa shape index (κ3) is 4.18. The molecule has 1 aliphatic rings. The number of ether oxygens (including phenoxy) is 1. The molecule has 1 aromatic heterocycles. The quantitative estimate of drug-likeness (QED) is 0.836. The Morgan fingerprint density at radius 3 is 2.48 bits per heavy atom. The second-order valence-corrected chi connectivity index (χ2v) is 7.53. The summed E-state index contributed by atoms with van der Waals surface area (Å²) >= 11 is 0. The molecule has 6 nitrogen and oxygen atoms in total. The highest BCUT2D eigenvalue weighted by Crippen LogP contribution is 2.23. The second kappa shape index (κ2) is 6.86. The van der Waals surface area contributed by atoms with Gasteiger partial charge < -0.3 is 14.5 Å². The average molecular weight is 342 g/mol. The summed E-state index contributed by atoms with van der Waals surface area (Å²) in [5.41, 5.74) is 1.35. The van der Waals surface area contributed by atoms with E-state index in [2.05, 4.69) is 9.88 Å². The molecule has 25 heavy (non-hydrogen) atoms. The number of aromatic nitrogens is 2. The van der Waals surface area contributed by atoms with Crippen LogP contribution in [-0.4, -0.2) is 52.7 Å². The molecule has 0 N–H and O–H groups in total. The molecule has 0 spiro atoms.